The summed E-state index contributed by atoms with van der Waals surface area (Å²) in [4.78, 5) is 21.5. The number of imidazole rings is 1. The number of H-pyrrole nitrogens is 1. The number of nitrogens with one attached hydrogen (secondary N) is 2. The molecule has 0 fully saturated rings. The van der Waals surface area contributed by atoms with Crippen molar-refractivity contribution < 1.29 is 5.11 Å². The number of hydrazine groups is 1. The van der Waals surface area contributed by atoms with Gasteiger partial charge in [0.25, 0.3) is 0 Å². The van der Waals surface area contributed by atoms with Crippen LogP contribution in [0.25, 0.3) is 11.2 Å². The topological polar surface area (TPSA) is 103 Å². The van der Waals surface area contributed by atoms with E-state index in [-0.39, 0.29) is 17.9 Å². The second kappa shape index (κ2) is 9.28. The number of nitrogens with zero attached hydrogens (tertiary/aromatic N) is 5. The molecule has 0 bridgehead atoms. The zero-order chi connectivity index (χ0) is 21.0. The molecular weight excluding hydrogens is 366 g/mol. The number of aliphatic hydroxyl groups is 1. The summed E-state index contributed by atoms with van der Waals surface area (Å²) in [5, 5.41) is 12.7. The minimum Gasteiger partial charge on any atom is -0.391 e. The van der Waals surface area contributed by atoms with Crippen molar-refractivity contribution in [2.45, 2.75) is 65.6 Å². The Morgan fingerprint density at radius 1 is 1.14 bits per heavy atom. The smallest absolute Gasteiger partial charge is 0.242 e. The van der Waals surface area contributed by atoms with Gasteiger partial charge in [0.2, 0.25) is 5.95 Å². The van der Waals surface area contributed by atoms with Crippen molar-refractivity contribution in [3.8, 4) is 0 Å². The van der Waals surface area contributed by atoms with Crippen LogP contribution in [-0.4, -0.2) is 42.2 Å². The Hall–Kier alpha value is -2.58. The predicted octanol–water partition coefficient (Wildman–Crippen LogP) is 3.18. The number of aromatic amines is 1. The van der Waals surface area contributed by atoms with Crippen LogP contribution in [0.5, 0.6) is 0 Å². The van der Waals surface area contributed by atoms with Gasteiger partial charge in [-0.2, -0.15) is 4.98 Å². The maximum atomic E-state index is 10.8. The van der Waals surface area contributed by atoms with Crippen molar-refractivity contribution >= 4 is 17.1 Å². The predicted molar refractivity (Wildman–Crippen MR) is 114 cm³/mol. The minimum absolute atomic E-state index is 0.0979. The van der Waals surface area contributed by atoms with E-state index in [0.717, 1.165) is 23.5 Å². The van der Waals surface area contributed by atoms with E-state index >= 15 is 0 Å². The van der Waals surface area contributed by atoms with Crippen molar-refractivity contribution in [2.75, 3.05) is 5.01 Å². The molecule has 3 heterocycles. The third kappa shape index (κ3) is 4.89. The van der Waals surface area contributed by atoms with E-state index in [2.05, 4.69) is 51.1 Å². The van der Waals surface area contributed by atoms with Crippen LogP contribution in [0.2, 0.25) is 0 Å². The SMILES string of the molecule is CC[C@@H]([C@@H](O)C(C)C)N(NCc1ccccn1)c1ncc2[nH]c(C(C)C)nc2n1. The average Bonchev–Trinajstić information content (AvgIpc) is 3.15. The highest BCUT2D eigenvalue weighted by atomic mass is 16.3. The summed E-state index contributed by atoms with van der Waals surface area (Å²) in [6, 6.07) is 5.60. The quantitative estimate of drug-likeness (QED) is 0.477. The van der Waals surface area contributed by atoms with Crippen LogP contribution in [0, 0.1) is 5.92 Å². The molecule has 29 heavy (non-hydrogen) atoms. The van der Waals surface area contributed by atoms with E-state index in [4.69, 9.17) is 0 Å². The summed E-state index contributed by atoms with van der Waals surface area (Å²) in [7, 11) is 0. The first kappa shape index (κ1) is 21.1. The molecular formula is C21H31N7O. The lowest BCUT2D eigenvalue weighted by molar-refractivity contribution is 0.0876. The van der Waals surface area contributed by atoms with Gasteiger partial charge >= 0.3 is 0 Å². The molecule has 0 saturated carbocycles. The first-order valence-corrected chi connectivity index (χ1v) is 10.2. The Morgan fingerprint density at radius 2 is 1.93 bits per heavy atom. The first-order chi connectivity index (χ1) is 13.9. The monoisotopic (exact) mass is 397 g/mol. The van der Waals surface area contributed by atoms with Gasteiger partial charge in [0.05, 0.1) is 30.6 Å². The number of aliphatic hydroxyl groups excluding tert-OH is 1. The second-order valence-corrected chi connectivity index (χ2v) is 7.92. The standard InChI is InChI=1S/C21H31N7O/c1-6-17(18(29)13(2)3)28(24-11-15-9-7-8-10-22-15)21-23-12-16-20(27-21)26-19(25-16)14(4)5/h7-10,12-14,17-18,24,29H,6,11H2,1-5H3,(H,23,25,26,27)/t17-,18-/m0/s1. The molecule has 0 aliphatic carbocycles. The highest BCUT2D eigenvalue weighted by molar-refractivity contribution is 5.71. The van der Waals surface area contributed by atoms with E-state index in [0.29, 0.717) is 18.1 Å². The summed E-state index contributed by atoms with van der Waals surface area (Å²) in [6.45, 7) is 10.7. The lowest BCUT2D eigenvalue weighted by atomic mass is 9.97. The van der Waals surface area contributed by atoms with Crippen molar-refractivity contribution in [3.63, 3.8) is 0 Å². The normalized spacial score (nSPS) is 13.9. The van der Waals surface area contributed by atoms with Gasteiger partial charge in [-0.15, -0.1) is 0 Å². The van der Waals surface area contributed by atoms with Crippen LogP contribution in [-0.2, 0) is 6.54 Å². The van der Waals surface area contributed by atoms with E-state index < -0.39 is 6.10 Å². The summed E-state index contributed by atoms with van der Waals surface area (Å²) < 4.78 is 0. The van der Waals surface area contributed by atoms with Gasteiger partial charge in [-0.1, -0.05) is 40.7 Å². The summed E-state index contributed by atoms with van der Waals surface area (Å²) in [5.74, 6) is 1.74. The van der Waals surface area contributed by atoms with Gasteiger partial charge in [-0.3, -0.25) is 9.99 Å². The third-order valence-corrected chi connectivity index (χ3v) is 4.99. The molecule has 3 rings (SSSR count). The van der Waals surface area contributed by atoms with Gasteiger partial charge < -0.3 is 10.1 Å². The Labute approximate surface area is 171 Å². The fraction of sp³-hybridized carbons (Fsp3) is 0.524. The molecule has 3 N–H and O–H groups in total. The molecule has 0 aliphatic rings. The fourth-order valence-corrected chi connectivity index (χ4v) is 3.23. The molecule has 0 unspecified atom stereocenters. The molecule has 2 atom stereocenters. The Balaban J connectivity index is 1.95. The van der Waals surface area contributed by atoms with Crippen LogP contribution < -0.4 is 10.4 Å². The number of pyridine rings is 1. The third-order valence-electron chi connectivity index (χ3n) is 4.99. The molecule has 8 heteroatoms. The molecule has 0 amide bonds. The molecule has 0 spiro atoms. The van der Waals surface area contributed by atoms with Crippen molar-refractivity contribution in [1.29, 1.82) is 0 Å². The minimum atomic E-state index is -0.541. The Morgan fingerprint density at radius 3 is 2.55 bits per heavy atom. The summed E-state index contributed by atoms with van der Waals surface area (Å²) >= 11 is 0. The summed E-state index contributed by atoms with van der Waals surface area (Å²) in [5.41, 5.74) is 5.71. The Bertz CT molecular complexity index is 910. The average molecular weight is 398 g/mol. The lowest BCUT2D eigenvalue weighted by Crippen LogP contribution is -2.53. The highest BCUT2D eigenvalue weighted by Crippen LogP contribution is 2.22. The number of hydrogen-bond acceptors (Lipinski definition) is 7. The van der Waals surface area contributed by atoms with Crippen LogP contribution in [0.3, 0.4) is 0 Å². The molecule has 0 aliphatic heterocycles. The second-order valence-electron chi connectivity index (χ2n) is 7.92. The molecule has 0 saturated heterocycles. The van der Waals surface area contributed by atoms with Crippen molar-refractivity contribution in [1.82, 2.24) is 30.3 Å². The molecule has 3 aromatic rings. The number of fused-ring (bicyclic) bond motifs is 1. The largest absolute Gasteiger partial charge is 0.391 e. The summed E-state index contributed by atoms with van der Waals surface area (Å²) in [6.07, 6.45) is 3.70. The van der Waals surface area contributed by atoms with E-state index in [1.165, 1.54) is 0 Å². The van der Waals surface area contributed by atoms with E-state index in [1.54, 1.807) is 12.4 Å². The number of hydrogen-bond donors (Lipinski definition) is 3. The van der Waals surface area contributed by atoms with E-state index in [9.17, 15) is 5.11 Å². The van der Waals surface area contributed by atoms with Crippen molar-refractivity contribution in [3.05, 3.63) is 42.1 Å². The number of rotatable bonds is 9. The van der Waals surface area contributed by atoms with Gasteiger partial charge in [0.1, 0.15) is 11.3 Å². The van der Waals surface area contributed by atoms with Gasteiger partial charge in [-0.05, 0) is 24.5 Å². The highest BCUT2D eigenvalue weighted by Gasteiger charge is 2.29. The molecule has 0 radical (unpaired) electrons. The molecule has 0 aromatic carbocycles. The van der Waals surface area contributed by atoms with Crippen LogP contribution in [0.1, 0.15) is 58.5 Å². The van der Waals surface area contributed by atoms with Crippen LogP contribution in [0.4, 0.5) is 5.95 Å². The van der Waals surface area contributed by atoms with Crippen LogP contribution >= 0.6 is 0 Å². The molecule has 3 aromatic heterocycles. The van der Waals surface area contributed by atoms with Gasteiger partial charge in [0.15, 0.2) is 5.65 Å². The lowest BCUT2D eigenvalue weighted by Gasteiger charge is -2.36. The van der Waals surface area contributed by atoms with E-state index in [1.807, 2.05) is 37.1 Å². The van der Waals surface area contributed by atoms with Gasteiger partial charge in [-0.25, -0.2) is 15.4 Å². The van der Waals surface area contributed by atoms with Gasteiger partial charge in [0, 0.05) is 12.1 Å². The molecule has 8 nitrogen and oxygen atoms in total. The van der Waals surface area contributed by atoms with Crippen molar-refractivity contribution in [2.24, 2.45) is 5.92 Å². The zero-order valence-corrected chi connectivity index (χ0v) is 17.8. The zero-order valence-electron chi connectivity index (χ0n) is 17.8. The maximum absolute atomic E-state index is 10.8. The van der Waals surface area contributed by atoms with Crippen LogP contribution in [0.15, 0.2) is 30.6 Å². The molecule has 156 valence electrons. The fourth-order valence-electron chi connectivity index (χ4n) is 3.23. The number of anilines is 1. The maximum Gasteiger partial charge on any atom is 0.242 e. The Kier molecular flexibility index (Phi) is 6.76. The first-order valence-electron chi connectivity index (χ1n) is 10.2. The number of aromatic nitrogens is 5.